The van der Waals surface area contributed by atoms with Gasteiger partial charge in [0.15, 0.2) is 5.01 Å². The van der Waals surface area contributed by atoms with Crippen LogP contribution in [0.25, 0.3) is 10.9 Å². The highest BCUT2D eigenvalue weighted by atomic mass is 32.1. The molecule has 0 saturated carbocycles. The van der Waals surface area contributed by atoms with Crippen LogP contribution < -0.4 is 5.73 Å². The summed E-state index contributed by atoms with van der Waals surface area (Å²) < 4.78 is 0. The van der Waals surface area contributed by atoms with E-state index in [1.807, 2.05) is 18.4 Å². The molecule has 0 aromatic carbocycles. The van der Waals surface area contributed by atoms with E-state index < -0.39 is 0 Å². The Morgan fingerprint density at radius 1 is 1.52 bits per heavy atom. The van der Waals surface area contributed by atoms with Crippen LogP contribution in [0.3, 0.4) is 0 Å². The molecular formula is C14H16N4OS2. The van der Waals surface area contributed by atoms with Crippen molar-refractivity contribution in [3.8, 4) is 0 Å². The summed E-state index contributed by atoms with van der Waals surface area (Å²) in [7, 11) is 0. The minimum Gasteiger partial charge on any atom is -0.359 e. The molecule has 0 aliphatic heterocycles. The Kier molecular flexibility index (Phi) is 4.76. The molecule has 0 amide bonds. The molecule has 5 nitrogen and oxygen atoms in total. The largest absolute Gasteiger partial charge is 0.359 e. The first-order valence-corrected chi connectivity index (χ1v) is 7.25. The molecule has 1 atom stereocenters. The monoisotopic (exact) mass is 320 g/mol. The van der Waals surface area contributed by atoms with E-state index in [0.717, 1.165) is 23.0 Å². The number of rotatable bonds is 4. The minimum atomic E-state index is -0.111. The summed E-state index contributed by atoms with van der Waals surface area (Å²) in [6, 6.07) is 1.71. The highest BCUT2D eigenvalue weighted by Crippen LogP contribution is 2.23. The third-order valence-corrected chi connectivity index (χ3v) is 4.12. The summed E-state index contributed by atoms with van der Waals surface area (Å²) in [6.07, 6.45) is 5.88. The van der Waals surface area contributed by atoms with Crippen molar-refractivity contribution < 1.29 is 4.79 Å². The van der Waals surface area contributed by atoms with Crippen molar-refractivity contribution in [3.63, 3.8) is 0 Å². The fourth-order valence-electron chi connectivity index (χ4n) is 2.04. The molecule has 0 fully saturated rings. The number of nitrogens with one attached hydrogen (secondary N) is 1. The second-order valence-corrected chi connectivity index (χ2v) is 5.40. The second-order valence-electron chi connectivity index (χ2n) is 4.54. The molecule has 3 rings (SSSR count). The molecule has 3 aromatic rings. The van der Waals surface area contributed by atoms with E-state index in [9.17, 15) is 4.79 Å². The maximum Gasteiger partial charge on any atom is 0.223 e. The molecule has 0 bridgehead atoms. The lowest BCUT2D eigenvalue weighted by atomic mass is 10.1. The Labute approximate surface area is 133 Å². The second kappa shape index (κ2) is 6.38. The number of ketones is 1. The van der Waals surface area contributed by atoms with E-state index >= 15 is 0 Å². The van der Waals surface area contributed by atoms with Gasteiger partial charge in [-0.05, 0) is 12.5 Å². The maximum atomic E-state index is 12.5. The summed E-state index contributed by atoms with van der Waals surface area (Å²) in [5.74, 6) is -0.0815. The normalized spacial score (nSPS) is 12.1. The molecule has 0 spiro atoms. The van der Waals surface area contributed by atoms with Gasteiger partial charge in [-0.2, -0.15) is 13.5 Å². The third kappa shape index (κ3) is 2.85. The van der Waals surface area contributed by atoms with Crippen molar-refractivity contribution in [1.29, 1.82) is 0 Å². The fraction of sp³-hybridized carbons (Fsp3) is 0.214. The van der Waals surface area contributed by atoms with Gasteiger partial charge in [-0.1, -0.05) is 6.92 Å². The lowest BCUT2D eigenvalue weighted by molar-refractivity contribution is 0.103. The SMILES string of the molecule is CC[C@H](N)c1csc(C(=O)c2c[nH]c3cnccc23)n1.S. The van der Waals surface area contributed by atoms with Crippen molar-refractivity contribution in [1.82, 2.24) is 15.0 Å². The molecule has 110 valence electrons. The van der Waals surface area contributed by atoms with Crippen LogP contribution in [0.4, 0.5) is 0 Å². The number of H-pyrrole nitrogens is 1. The van der Waals surface area contributed by atoms with Crippen LogP contribution >= 0.6 is 24.8 Å². The number of aromatic amines is 1. The summed E-state index contributed by atoms with van der Waals surface area (Å²) in [4.78, 5) is 23.9. The predicted octanol–water partition coefficient (Wildman–Crippen LogP) is 2.77. The standard InChI is InChI=1S/C14H14N4OS.H2S/c1-2-10(15)12-7-20-14(18-12)13(19)9-5-17-11-6-16-4-3-8(9)11;/h3-7,10,17H,2,15H2,1H3;1H2/t10-;/m0./s1. The lowest BCUT2D eigenvalue weighted by Gasteiger charge is -2.02. The van der Waals surface area contributed by atoms with Crippen molar-refractivity contribution in [2.24, 2.45) is 5.73 Å². The molecule has 0 aliphatic rings. The summed E-state index contributed by atoms with van der Waals surface area (Å²) in [5, 5.41) is 3.20. The topological polar surface area (TPSA) is 84.7 Å². The van der Waals surface area contributed by atoms with Gasteiger partial charge < -0.3 is 10.7 Å². The first-order chi connectivity index (χ1) is 9.70. The van der Waals surface area contributed by atoms with Gasteiger partial charge in [-0.25, -0.2) is 4.98 Å². The van der Waals surface area contributed by atoms with E-state index in [4.69, 9.17) is 5.73 Å². The lowest BCUT2D eigenvalue weighted by Crippen LogP contribution is -2.09. The molecular weight excluding hydrogens is 304 g/mol. The van der Waals surface area contributed by atoms with Gasteiger partial charge in [0.2, 0.25) is 5.78 Å². The number of nitrogens with zero attached hydrogens (tertiary/aromatic N) is 2. The Balaban J connectivity index is 0.00000161. The number of fused-ring (bicyclic) bond motifs is 1. The van der Waals surface area contributed by atoms with Crippen molar-refractivity contribution >= 4 is 41.5 Å². The van der Waals surface area contributed by atoms with Crippen LogP contribution in [0.5, 0.6) is 0 Å². The van der Waals surface area contributed by atoms with E-state index in [1.54, 1.807) is 18.6 Å². The first kappa shape index (κ1) is 15.7. The maximum absolute atomic E-state index is 12.5. The number of hydrogen-bond donors (Lipinski definition) is 2. The molecule has 0 aliphatic carbocycles. The molecule has 3 N–H and O–H groups in total. The zero-order chi connectivity index (χ0) is 14.1. The zero-order valence-electron chi connectivity index (χ0n) is 11.5. The summed E-state index contributed by atoms with van der Waals surface area (Å²) >= 11 is 1.34. The molecule has 0 unspecified atom stereocenters. The summed E-state index contributed by atoms with van der Waals surface area (Å²) in [5.41, 5.74) is 8.18. The number of pyridine rings is 1. The number of carbonyl (C=O) groups is 1. The average Bonchev–Trinajstić information content (AvgIpc) is 3.12. The number of carbonyl (C=O) groups excluding carboxylic acids is 1. The third-order valence-electron chi connectivity index (χ3n) is 3.26. The van der Waals surface area contributed by atoms with E-state index in [-0.39, 0.29) is 25.3 Å². The van der Waals surface area contributed by atoms with E-state index in [0.29, 0.717) is 10.6 Å². The van der Waals surface area contributed by atoms with Gasteiger partial charge in [0.25, 0.3) is 0 Å². The van der Waals surface area contributed by atoms with Crippen LogP contribution in [0.1, 0.15) is 40.4 Å². The van der Waals surface area contributed by atoms with Crippen LogP contribution in [-0.2, 0) is 0 Å². The smallest absolute Gasteiger partial charge is 0.223 e. The Morgan fingerprint density at radius 3 is 3.10 bits per heavy atom. The number of hydrogen-bond acceptors (Lipinski definition) is 5. The number of aromatic nitrogens is 3. The molecule has 21 heavy (non-hydrogen) atoms. The van der Waals surface area contributed by atoms with Gasteiger partial charge >= 0.3 is 0 Å². The van der Waals surface area contributed by atoms with Crippen LogP contribution in [0.2, 0.25) is 0 Å². The predicted molar refractivity (Wildman–Crippen MR) is 89.2 cm³/mol. The Bertz CT molecular complexity index is 765. The van der Waals surface area contributed by atoms with Crippen molar-refractivity contribution in [2.45, 2.75) is 19.4 Å². The molecule has 0 radical (unpaired) electrons. The highest BCUT2D eigenvalue weighted by molar-refractivity contribution is 7.59. The Hall–Kier alpha value is -1.70. The van der Waals surface area contributed by atoms with Gasteiger partial charge in [0, 0.05) is 29.2 Å². The van der Waals surface area contributed by atoms with Crippen molar-refractivity contribution in [2.75, 3.05) is 0 Å². The number of thiazole rings is 1. The summed E-state index contributed by atoms with van der Waals surface area (Å²) in [6.45, 7) is 2.00. The average molecular weight is 320 g/mol. The number of nitrogens with two attached hydrogens (primary N) is 1. The van der Waals surface area contributed by atoms with Crippen LogP contribution in [0.15, 0.2) is 30.0 Å². The molecule has 0 saturated heterocycles. The van der Waals surface area contributed by atoms with Gasteiger partial charge in [0.05, 0.1) is 23.0 Å². The quantitative estimate of drug-likeness (QED) is 0.724. The van der Waals surface area contributed by atoms with Gasteiger partial charge in [0.1, 0.15) is 0 Å². The van der Waals surface area contributed by atoms with E-state index in [2.05, 4.69) is 15.0 Å². The zero-order valence-corrected chi connectivity index (χ0v) is 13.3. The molecule has 3 aromatic heterocycles. The first-order valence-electron chi connectivity index (χ1n) is 6.37. The van der Waals surface area contributed by atoms with Crippen LogP contribution in [0, 0.1) is 0 Å². The highest BCUT2D eigenvalue weighted by Gasteiger charge is 2.18. The Morgan fingerprint density at radius 2 is 2.33 bits per heavy atom. The van der Waals surface area contributed by atoms with Crippen molar-refractivity contribution in [3.05, 3.63) is 46.3 Å². The minimum absolute atomic E-state index is 0. The van der Waals surface area contributed by atoms with Gasteiger partial charge in [-0.15, -0.1) is 11.3 Å². The van der Waals surface area contributed by atoms with E-state index in [1.165, 1.54) is 11.3 Å². The van der Waals surface area contributed by atoms with Gasteiger partial charge in [-0.3, -0.25) is 9.78 Å². The molecule has 7 heteroatoms. The van der Waals surface area contributed by atoms with Crippen LogP contribution in [-0.4, -0.2) is 20.7 Å². The molecule has 3 heterocycles. The fourth-order valence-corrected chi connectivity index (χ4v) is 2.88.